The van der Waals surface area contributed by atoms with Crippen molar-refractivity contribution in [2.75, 3.05) is 31.1 Å². The molecule has 1 aliphatic heterocycles. The second-order valence-electron chi connectivity index (χ2n) is 8.25. The maximum absolute atomic E-state index is 13.4. The quantitative estimate of drug-likeness (QED) is 0.322. The van der Waals surface area contributed by atoms with Gasteiger partial charge in [0, 0.05) is 31.6 Å². The van der Waals surface area contributed by atoms with Gasteiger partial charge in [-0.05, 0) is 35.9 Å². The zero-order chi connectivity index (χ0) is 24.5. The van der Waals surface area contributed by atoms with E-state index in [0.29, 0.717) is 42.6 Å². The third kappa shape index (κ3) is 4.14. The molecule has 4 aromatic rings. The molecule has 3 heterocycles. The first-order valence-electron chi connectivity index (χ1n) is 11.1. The number of piperazine rings is 1. The summed E-state index contributed by atoms with van der Waals surface area (Å²) >= 11 is 0. The molecular formula is C25H21FN4O5. The van der Waals surface area contributed by atoms with Crippen molar-refractivity contribution in [2.24, 2.45) is 0 Å². The Labute approximate surface area is 198 Å². The van der Waals surface area contributed by atoms with Gasteiger partial charge in [-0.15, -0.1) is 0 Å². The second-order valence-corrected chi connectivity index (χ2v) is 8.25. The van der Waals surface area contributed by atoms with Gasteiger partial charge in [0.1, 0.15) is 11.5 Å². The molecule has 2 aromatic carbocycles. The van der Waals surface area contributed by atoms with Crippen LogP contribution in [-0.2, 0) is 6.54 Å². The predicted octanol–water partition coefficient (Wildman–Crippen LogP) is 3.65. The van der Waals surface area contributed by atoms with Crippen molar-refractivity contribution in [1.29, 1.82) is 0 Å². The van der Waals surface area contributed by atoms with Crippen LogP contribution in [0.5, 0.6) is 0 Å². The van der Waals surface area contributed by atoms with Crippen molar-refractivity contribution < 1.29 is 18.5 Å². The van der Waals surface area contributed by atoms with E-state index >= 15 is 0 Å². The van der Waals surface area contributed by atoms with Gasteiger partial charge >= 0.3 is 11.2 Å². The van der Waals surface area contributed by atoms with E-state index in [9.17, 15) is 24.1 Å². The first kappa shape index (κ1) is 22.3. The van der Waals surface area contributed by atoms with Crippen LogP contribution in [0.25, 0.3) is 10.9 Å². The fraction of sp³-hybridized carbons (Fsp3) is 0.200. The number of nitrogens with zero attached hydrogens (tertiary/aromatic N) is 4. The van der Waals surface area contributed by atoms with E-state index in [4.69, 9.17) is 4.42 Å². The van der Waals surface area contributed by atoms with E-state index in [1.807, 2.05) is 0 Å². The summed E-state index contributed by atoms with van der Waals surface area (Å²) in [5.41, 5.74) is 0.178. The van der Waals surface area contributed by atoms with Gasteiger partial charge in [0.15, 0.2) is 5.76 Å². The van der Waals surface area contributed by atoms with Crippen LogP contribution in [0, 0.1) is 15.9 Å². The average Bonchev–Trinajstić information content (AvgIpc) is 3.41. The summed E-state index contributed by atoms with van der Waals surface area (Å²) in [6, 6.07) is 15.9. The number of furan rings is 1. The normalized spacial score (nSPS) is 13.9. The van der Waals surface area contributed by atoms with Crippen molar-refractivity contribution in [2.45, 2.75) is 6.54 Å². The van der Waals surface area contributed by atoms with Gasteiger partial charge in [0.05, 0.1) is 23.2 Å². The van der Waals surface area contributed by atoms with Crippen LogP contribution in [0.3, 0.4) is 0 Å². The Balaban J connectivity index is 1.54. The van der Waals surface area contributed by atoms with E-state index in [2.05, 4.69) is 0 Å². The second kappa shape index (κ2) is 9.05. The molecule has 1 aliphatic rings. The number of aromatic nitrogens is 1. The number of hydrogen-bond donors (Lipinski definition) is 0. The molecule has 0 atom stereocenters. The van der Waals surface area contributed by atoms with Crippen LogP contribution < -0.4 is 10.5 Å². The first-order valence-corrected chi connectivity index (χ1v) is 11.1. The number of hydrogen-bond acceptors (Lipinski definition) is 6. The SMILES string of the molecule is O=C(c1ccco1)N1CCN(c2c([N+](=O)[O-])c(=O)n(Cc3ccc(F)cc3)c3ccccc23)CC1. The molecule has 0 unspecified atom stereocenters. The fourth-order valence-corrected chi connectivity index (χ4v) is 4.48. The Morgan fingerprint density at radius 2 is 1.71 bits per heavy atom. The summed E-state index contributed by atoms with van der Waals surface area (Å²) in [5, 5.41) is 12.7. The number of benzene rings is 2. The molecule has 1 fully saturated rings. The number of fused-ring (bicyclic) bond motifs is 1. The lowest BCUT2D eigenvalue weighted by Gasteiger charge is -2.36. The van der Waals surface area contributed by atoms with Crippen molar-refractivity contribution in [1.82, 2.24) is 9.47 Å². The molecule has 1 amide bonds. The van der Waals surface area contributed by atoms with Gasteiger partial charge in [-0.2, -0.15) is 0 Å². The van der Waals surface area contributed by atoms with Crippen LogP contribution in [0.4, 0.5) is 15.8 Å². The first-order chi connectivity index (χ1) is 16.9. The van der Waals surface area contributed by atoms with E-state index in [-0.39, 0.29) is 23.9 Å². The Kier molecular flexibility index (Phi) is 5.77. The minimum Gasteiger partial charge on any atom is -0.459 e. The van der Waals surface area contributed by atoms with Gasteiger partial charge in [0.25, 0.3) is 5.91 Å². The maximum Gasteiger partial charge on any atom is 0.357 e. The Morgan fingerprint density at radius 1 is 1.00 bits per heavy atom. The van der Waals surface area contributed by atoms with Crippen LogP contribution in [0.1, 0.15) is 16.1 Å². The molecule has 0 N–H and O–H groups in total. The number of rotatable bonds is 5. The standard InChI is InChI=1S/C25H21FN4O5/c26-18-9-7-17(8-10-18)16-29-20-5-2-1-4-19(20)22(23(25(29)32)30(33)34)27-11-13-28(14-12-27)24(31)21-6-3-15-35-21/h1-10,15H,11-14,16H2. The number of pyridine rings is 1. The Morgan fingerprint density at radius 3 is 2.37 bits per heavy atom. The number of nitro groups is 1. The summed E-state index contributed by atoms with van der Waals surface area (Å²) in [6.07, 6.45) is 1.43. The van der Waals surface area contributed by atoms with E-state index < -0.39 is 22.0 Å². The number of carbonyl (C=O) groups excluding carboxylic acids is 1. The highest BCUT2D eigenvalue weighted by Crippen LogP contribution is 2.34. The smallest absolute Gasteiger partial charge is 0.357 e. The maximum atomic E-state index is 13.4. The molecule has 0 bridgehead atoms. The van der Waals surface area contributed by atoms with Crippen molar-refractivity contribution >= 4 is 28.2 Å². The minimum absolute atomic E-state index is 0.0617. The molecule has 0 radical (unpaired) electrons. The van der Waals surface area contributed by atoms with Gasteiger partial charge < -0.3 is 14.2 Å². The highest BCUT2D eigenvalue weighted by molar-refractivity contribution is 5.97. The van der Waals surface area contributed by atoms with Crippen LogP contribution in [0.2, 0.25) is 0 Å². The summed E-state index contributed by atoms with van der Waals surface area (Å²) < 4.78 is 19.9. The van der Waals surface area contributed by atoms with E-state index in [1.165, 1.54) is 23.0 Å². The average molecular weight is 476 g/mol. The third-order valence-corrected chi connectivity index (χ3v) is 6.17. The molecule has 5 rings (SSSR count). The Bertz CT molecular complexity index is 1460. The van der Waals surface area contributed by atoms with Crippen molar-refractivity contribution in [3.05, 3.63) is 105 Å². The third-order valence-electron chi connectivity index (χ3n) is 6.17. The van der Waals surface area contributed by atoms with Gasteiger partial charge in [-0.3, -0.25) is 24.3 Å². The van der Waals surface area contributed by atoms with Crippen molar-refractivity contribution in [3.8, 4) is 0 Å². The molecule has 35 heavy (non-hydrogen) atoms. The highest BCUT2D eigenvalue weighted by Gasteiger charge is 2.32. The molecule has 2 aromatic heterocycles. The predicted molar refractivity (Wildman–Crippen MR) is 127 cm³/mol. The summed E-state index contributed by atoms with van der Waals surface area (Å²) in [4.78, 5) is 41.0. The molecule has 0 aliphatic carbocycles. The van der Waals surface area contributed by atoms with Crippen LogP contribution in [-0.4, -0.2) is 46.5 Å². The monoisotopic (exact) mass is 476 g/mol. The molecule has 0 spiro atoms. The number of amides is 1. The number of para-hydroxylation sites is 1. The lowest BCUT2D eigenvalue weighted by Crippen LogP contribution is -2.49. The van der Waals surface area contributed by atoms with Crippen LogP contribution >= 0.6 is 0 Å². The summed E-state index contributed by atoms with van der Waals surface area (Å²) in [7, 11) is 0. The zero-order valence-corrected chi connectivity index (χ0v) is 18.6. The van der Waals surface area contributed by atoms with Gasteiger partial charge in [-0.1, -0.05) is 30.3 Å². The van der Waals surface area contributed by atoms with E-state index in [0.717, 1.165) is 0 Å². The number of halogens is 1. The van der Waals surface area contributed by atoms with Gasteiger partial charge in [0.2, 0.25) is 0 Å². The molecular weight excluding hydrogens is 455 g/mol. The highest BCUT2D eigenvalue weighted by atomic mass is 19.1. The molecule has 9 nitrogen and oxygen atoms in total. The Hall–Kier alpha value is -4.47. The number of anilines is 1. The largest absolute Gasteiger partial charge is 0.459 e. The topological polar surface area (TPSA) is 102 Å². The molecule has 178 valence electrons. The lowest BCUT2D eigenvalue weighted by atomic mass is 10.1. The fourth-order valence-electron chi connectivity index (χ4n) is 4.48. The van der Waals surface area contributed by atoms with Crippen LogP contribution in [0.15, 0.2) is 76.1 Å². The molecule has 0 saturated carbocycles. The minimum atomic E-state index is -0.734. The number of carbonyl (C=O) groups is 1. The van der Waals surface area contributed by atoms with Gasteiger partial charge in [-0.25, -0.2) is 4.39 Å². The van der Waals surface area contributed by atoms with E-state index in [1.54, 1.807) is 58.3 Å². The lowest BCUT2D eigenvalue weighted by molar-refractivity contribution is -0.385. The summed E-state index contributed by atoms with van der Waals surface area (Å²) in [5.74, 6) is -0.418. The zero-order valence-electron chi connectivity index (χ0n) is 18.6. The molecule has 10 heteroatoms. The molecule has 1 saturated heterocycles. The summed E-state index contributed by atoms with van der Waals surface area (Å²) in [6.45, 7) is 1.34. The van der Waals surface area contributed by atoms with Crippen molar-refractivity contribution in [3.63, 3.8) is 0 Å².